The minimum absolute atomic E-state index is 0.557. The summed E-state index contributed by atoms with van der Waals surface area (Å²) in [5.74, 6) is 1.81. The third-order valence-corrected chi connectivity index (χ3v) is 14.1. The lowest BCUT2D eigenvalue weighted by molar-refractivity contribution is 0.670. The SMILES string of the molecule is c1ccc(-c2ccc3oc4c(-c5cccc6c5[nH]c5c6ccc6c7ccccc7n(-c7nc(-c8ccccc8)nc(-c8cccc9c8sc8ccccc89)n7)c65)cccc4c3c2)cc1. The van der Waals surface area contributed by atoms with Gasteiger partial charge < -0.3 is 9.40 Å². The Labute approximate surface area is 369 Å². The van der Waals surface area contributed by atoms with Crippen LogP contribution in [-0.4, -0.2) is 24.5 Å². The molecule has 1 N–H and O–H groups in total. The fourth-order valence-corrected chi connectivity index (χ4v) is 11.1. The molecule has 0 aliphatic rings. The molecule has 9 aromatic carbocycles. The Morgan fingerprint density at radius 2 is 1.08 bits per heavy atom. The van der Waals surface area contributed by atoms with Crippen LogP contribution < -0.4 is 0 Å². The van der Waals surface area contributed by atoms with Gasteiger partial charge in [0.25, 0.3) is 0 Å². The van der Waals surface area contributed by atoms with Gasteiger partial charge in [-0.1, -0.05) is 164 Å². The highest BCUT2D eigenvalue weighted by Gasteiger charge is 2.23. The number of benzene rings is 9. The van der Waals surface area contributed by atoms with Gasteiger partial charge in [0.05, 0.1) is 22.1 Å². The van der Waals surface area contributed by atoms with E-state index in [1.807, 2.05) is 18.2 Å². The molecule has 0 saturated heterocycles. The summed E-state index contributed by atoms with van der Waals surface area (Å²) >= 11 is 1.78. The van der Waals surface area contributed by atoms with E-state index in [1.165, 1.54) is 21.0 Å². The first-order valence-electron chi connectivity index (χ1n) is 21.4. The quantitative estimate of drug-likeness (QED) is 0.187. The molecule has 7 heteroatoms. The zero-order valence-electron chi connectivity index (χ0n) is 34.1. The molecule has 0 unspecified atom stereocenters. The first-order valence-corrected chi connectivity index (χ1v) is 22.3. The number of nitrogens with zero attached hydrogens (tertiary/aromatic N) is 4. The normalized spacial score (nSPS) is 12.1. The van der Waals surface area contributed by atoms with E-state index in [0.717, 1.165) is 98.1 Å². The molecule has 64 heavy (non-hydrogen) atoms. The summed E-state index contributed by atoms with van der Waals surface area (Å²) in [6.45, 7) is 0. The van der Waals surface area contributed by atoms with Crippen molar-refractivity contribution >= 4 is 97.1 Å². The van der Waals surface area contributed by atoms with E-state index in [0.29, 0.717) is 17.6 Å². The molecule has 0 aliphatic heterocycles. The van der Waals surface area contributed by atoms with Gasteiger partial charge in [-0.2, -0.15) is 9.97 Å². The van der Waals surface area contributed by atoms with Gasteiger partial charge in [-0.25, -0.2) is 4.98 Å². The Morgan fingerprint density at radius 3 is 1.94 bits per heavy atom. The smallest absolute Gasteiger partial charge is 0.238 e. The van der Waals surface area contributed by atoms with Crippen LogP contribution in [0, 0.1) is 0 Å². The summed E-state index contributed by atoms with van der Waals surface area (Å²) in [6.07, 6.45) is 0. The molecule has 14 aromatic rings. The number of nitrogens with one attached hydrogen (secondary N) is 1. The fourth-order valence-electron chi connectivity index (χ4n) is 9.92. The minimum Gasteiger partial charge on any atom is -0.455 e. The van der Waals surface area contributed by atoms with Gasteiger partial charge >= 0.3 is 0 Å². The molecular formula is C57H33N5OS. The lowest BCUT2D eigenvalue weighted by atomic mass is 9.98. The van der Waals surface area contributed by atoms with Gasteiger partial charge in [0.15, 0.2) is 11.6 Å². The largest absolute Gasteiger partial charge is 0.455 e. The van der Waals surface area contributed by atoms with Crippen LogP contribution in [-0.2, 0) is 0 Å². The zero-order chi connectivity index (χ0) is 41.9. The van der Waals surface area contributed by atoms with Crippen LogP contribution >= 0.6 is 11.3 Å². The molecule has 0 fully saturated rings. The Morgan fingerprint density at radius 1 is 0.422 bits per heavy atom. The van der Waals surface area contributed by atoms with Crippen LogP contribution in [0.5, 0.6) is 0 Å². The van der Waals surface area contributed by atoms with Crippen LogP contribution in [0.1, 0.15) is 0 Å². The van der Waals surface area contributed by atoms with Crippen LogP contribution in [0.25, 0.3) is 137 Å². The maximum Gasteiger partial charge on any atom is 0.238 e. The van der Waals surface area contributed by atoms with Crippen molar-refractivity contribution in [2.24, 2.45) is 0 Å². The minimum atomic E-state index is 0.557. The number of aromatic amines is 1. The van der Waals surface area contributed by atoms with Crippen molar-refractivity contribution in [3.05, 3.63) is 194 Å². The second-order valence-electron chi connectivity index (χ2n) is 16.4. The number of H-pyrrole nitrogens is 1. The Hall–Kier alpha value is -8.39. The number of thiophene rings is 1. The number of para-hydroxylation sites is 3. The second kappa shape index (κ2) is 13.6. The van der Waals surface area contributed by atoms with E-state index in [4.69, 9.17) is 19.4 Å². The van der Waals surface area contributed by atoms with Gasteiger partial charge in [-0.05, 0) is 41.5 Å². The van der Waals surface area contributed by atoms with Gasteiger partial charge in [0.2, 0.25) is 5.95 Å². The molecule has 0 bridgehead atoms. The van der Waals surface area contributed by atoms with Crippen molar-refractivity contribution in [2.45, 2.75) is 0 Å². The lowest BCUT2D eigenvalue weighted by Gasteiger charge is -2.11. The van der Waals surface area contributed by atoms with Gasteiger partial charge in [-0.3, -0.25) is 4.57 Å². The Bertz CT molecular complexity index is 4200. The summed E-state index contributed by atoms with van der Waals surface area (Å²) in [5, 5.41) is 9.10. The standard InChI is InChI=1S/C57H33N5OS/c1-3-14-33(15-4-1)35-28-31-48-46(32-35)43-23-12-22-42(53(43)63-48)39-21-11-20-38-40-29-30-41-36-18-7-9-26-47(36)62(52(41)51(40)58-50(38)39)57-60-55(34-16-5-2-6-17-34)59-56(61-57)45-25-13-24-44-37-19-8-10-27-49(37)64-54(44)45/h1-32,58H. The average Bonchev–Trinajstić information content (AvgIpc) is 4.13. The monoisotopic (exact) mass is 835 g/mol. The third-order valence-electron chi connectivity index (χ3n) is 12.8. The van der Waals surface area contributed by atoms with Crippen LogP contribution in [0.2, 0.25) is 0 Å². The number of furan rings is 1. The fraction of sp³-hybridized carbons (Fsp3) is 0. The maximum atomic E-state index is 6.74. The molecule has 0 amide bonds. The zero-order valence-corrected chi connectivity index (χ0v) is 34.9. The molecule has 14 rings (SSSR count). The van der Waals surface area contributed by atoms with Crippen molar-refractivity contribution in [3.63, 3.8) is 0 Å². The van der Waals surface area contributed by atoms with Crippen LogP contribution in [0.15, 0.2) is 199 Å². The summed E-state index contributed by atoms with van der Waals surface area (Å²) in [6, 6.07) is 68.3. The lowest BCUT2D eigenvalue weighted by Crippen LogP contribution is -2.06. The highest BCUT2D eigenvalue weighted by molar-refractivity contribution is 7.26. The van der Waals surface area contributed by atoms with E-state index in [2.05, 4.69) is 185 Å². The topological polar surface area (TPSA) is 72.5 Å². The van der Waals surface area contributed by atoms with Crippen LogP contribution in [0.3, 0.4) is 0 Å². The highest BCUT2D eigenvalue weighted by atomic mass is 32.1. The third kappa shape index (κ3) is 5.16. The van der Waals surface area contributed by atoms with Crippen LogP contribution in [0.4, 0.5) is 0 Å². The molecule has 5 heterocycles. The van der Waals surface area contributed by atoms with Gasteiger partial charge in [-0.15, -0.1) is 11.3 Å². The summed E-state index contributed by atoms with van der Waals surface area (Å²) in [4.78, 5) is 19.9. The predicted molar refractivity (Wildman–Crippen MR) is 265 cm³/mol. The molecule has 0 atom stereocenters. The van der Waals surface area contributed by atoms with Crippen molar-refractivity contribution in [1.29, 1.82) is 0 Å². The van der Waals surface area contributed by atoms with Gasteiger partial charge in [0.1, 0.15) is 11.2 Å². The van der Waals surface area contributed by atoms with Crippen molar-refractivity contribution in [3.8, 4) is 51.0 Å². The van der Waals surface area contributed by atoms with E-state index in [9.17, 15) is 0 Å². The average molecular weight is 836 g/mol. The summed E-state index contributed by atoms with van der Waals surface area (Å²) in [7, 11) is 0. The van der Waals surface area contributed by atoms with E-state index in [-0.39, 0.29) is 0 Å². The molecule has 5 aromatic heterocycles. The molecular weight excluding hydrogens is 803 g/mol. The van der Waals surface area contributed by atoms with E-state index in [1.54, 1.807) is 11.3 Å². The van der Waals surface area contributed by atoms with E-state index < -0.39 is 0 Å². The van der Waals surface area contributed by atoms with Crippen molar-refractivity contribution in [1.82, 2.24) is 24.5 Å². The molecule has 0 saturated carbocycles. The molecule has 0 aliphatic carbocycles. The molecule has 298 valence electrons. The molecule has 6 nitrogen and oxygen atoms in total. The Balaban J connectivity index is 1.02. The van der Waals surface area contributed by atoms with Gasteiger partial charge in [0, 0.05) is 74.7 Å². The second-order valence-corrected chi connectivity index (χ2v) is 17.4. The van der Waals surface area contributed by atoms with Crippen molar-refractivity contribution in [2.75, 3.05) is 0 Å². The van der Waals surface area contributed by atoms with Crippen molar-refractivity contribution < 1.29 is 4.42 Å². The molecule has 0 radical (unpaired) electrons. The summed E-state index contributed by atoms with van der Waals surface area (Å²) in [5.41, 5.74) is 12.2. The number of rotatable bonds is 5. The number of hydrogen-bond acceptors (Lipinski definition) is 5. The maximum absolute atomic E-state index is 6.74. The predicted octanol–water partition coefficient (Wildman–Crippen LogP) is 15.5. The Kier molecular flexibility index (Phi) is 7.46. The summed E-state index contributed by atoms with van der Waals surface area (Å²) < 4.78 is 11.4. The first-order chi connectivity index (χ1) is 31.7. The highest BCUT2D eigenvalue weighted by Crippen LogP contribution is 2.44. The number of fused-ring (bicyclic) bond motifs is 13. The first kappa shape index (κ1) is 35.2. The molecule has 0 spiro atoms. The number of aromatic nitrogens is 5. The number of hydrogen-bond donors (Lipinski definition) is 1. The van der Waals surface area contributed by atoms with E-state index >= 15 is 0 Å².